The molecule has 0 amide bonds. The van der Waals surface area contributed by atoms with Crippen LogP contribution in [0.4, 0.5) is 5.69 Å². The average molecular weight is 320 g/mol. The predicted octanol–water partition coefficient (Wildman–Crippen LogP) is 3.23. The van der Waals surface area contributed by atoms with Crippen molar-refractivity contribution in [3.8, 4) is 0 Å². The van der Waals surface area contributed by atoms with Gasteiger partial charge in [-0.15, -0.1) is 0 Å². The smallest absolute Gasteiger partial charge is 0.334 e. The summed E-state index contributed by atoms with van der Waals surface area (Å²) in [7, 11) is 0. The Hall–Kier alpha value is -1.69. The Balaban J connectivity index is 1.76. The molecule has 0 radical (unpaired) electrons. The minimum Gasteiger partial charge on any atom is -0.381 e. The zero-order valence-corrected chi connectivity index (χ0v) is 13.6. The van der Waals surface area contributed by atoms with Crippen molar-refractivity contribution < 1.29 is 9.66 Å². The standard InChI is InChI=1S/C17H24N2O4/c1-2-3-8-23-12-17(6-7-17)11-18-10-14(13-4-5-13)9-15(16(18)20)19(21)22/h9-10,13H,2-8,11-12H2,1H3. The molecule has 126 valence electrons. The van der Waals surface area contributed by atoms with Crippen LogP contribution < -0.4 is 5.56 Å². The fraction of sp³-hybridized carbons (Fsp3) is 0.706. The summed E-state index contributed by atoms with van der Waals surface area (Å²) in [4.78, 5) is 23.0. The highest BCUT2D eigenvalue weighted by Crippen LogP contribution is 2.47. The van der Waals surface area contributed by atoms with Crippen molar-refractivity contribution in [1.82, 2.24) is 4.57 Å². The Morgan fingerprint density at radius 3 is 2.74 bits per heavy atom. The third-order valence-corrected chi connectivity index (χ3v) is 4.85. The Bertz CT molecular complexity index is 644. The Morgan fingerprint density at radius 2 is 2.17 bits per heavy atom. The van der Waals surface area contributed by atoms with Crippen molar-refractivity contribution >= 4 is 5.69 Å². The van der Waals surface area contributed by atoms with E-state index in [1.165, 1.54) is 6.07 Å². The number of unbranched alkanes of at least 4 members (excludes halogenated alkanes) is 1. The molecule has 0 bridgehead atoms. The first-order chi connectivity index (χ1) is 11.0. The van der Waals surface area contributed by atoms with Crippen molar-refractivity contribution in [1.29, 1.82) is 0 Å². The summed E-state index contributed by atoms with van der Waals surface area (Å²) in [6.45, 7) is 4.04. The molecule has 0 aliphatic heterocycles. The molecule has 0 N–H and O–H groups in total. The summed E-state index contributed by atoms with van der Waals surface area (Å²) in [6, 6.07) is 1.47. The monoisotopic (exact) mass is 320 g/mol. The van der Waals surface area contributed by atoms with E-state index in [0.717, 1.165) is 50.7 Å². The van der Waals surface area contributed by atoms with Gasteiger partial charge in [0.25, 0.3) is 0 Å². The molecule has 0 aromatic carbocycles. The van der Waals surface area contributed by atoms with Crippen molar-refractivity contribution in [2.45, 2.75) is 57.9 Å². The highest BCUT2D eigenvalue weighted by molar-refractivity contribution is 5.34. The number of ether oxygens (including phenoxy) is 1. The molecule has 0 spiro atoms. The molecule has 1 aromatic rings. The largest absolute Gasteiger partial charge is 0.381 e. The molecular weight excluding hydrogens is 296 g/mol. The van der Waals surface area contributed by atoms with Gasteiger partial charge in [0.2, 0.25) is 0 Å². The van der Waals surface area contributed by atoms with Crippen LogP contribution in [0.15, 0.2) is 17.1 Å². The van der Waals surface area contributed by atoms with Gasteiger partial charge in [0, 0.05) is 30.8 Å². The SMILES string of the molecule is CCCCOCC1(Cn2cc(C3CC3)cc([N+](=O)[O-])c2=O)CC1. The number of aromatic nitrogens is 1. The minimum atomic E-state index is -0.554. The van der Waals surface area contributed by atoms with E-state index in [2.05, 4.69) is 6.92 Å². The lowest BCUT2D eigenvalue weighted by molar-refractivity contribution is -0.386. The molecule has 2 aliphatic carbocycles. The molecule has 0 unspecified atom stereocenters. The van der Waals surface area contributed by atoms with Crippen molar-refractivity contribution in [3.63, 3.8) is 0 Å². The van der Waals surface area contributed by atoms with E-state index >= 15 is 0 Å². The van der Waals surface area contributed by atoms with Crippen LogP contribution in [0.2, 0.25) is 0 Å². The van der Waals surface area contributed by atoms with Crippen LogP contribution in [0.3, 0.4) is 0 Å². The van der Waals surface area contributed by atoms with Crippen LogP contribution in [0.1, 0.15) is 56.9 Å². The molecule has 2 aliphatic rings. The molecule has 0 saturated heterocycles. The highest BCUT2D eigenvalue weighted by atomic mass is 16.6. The van der Waals surface area contributed by atoms with Gasteiger partial charge >= 0.3 is 11.2 Å². The first-order valence-electron chi connectivity index (χ1n) is 8.51. The fourth-order valence-corrected chi connectivity index (χ4v) is 2.95. The summed E-state index contributed by atoms with van der Waals surface area (Å²) in [6.07, 6.45) is 8.13. The number of hydrogen-bond acceptors (Lipinski definition) is 4. The summed E-state index contributed by atoms with van der Waals surface area (Å²) in [5, 5.41) is 11.2. The van der Waals surface area contributed by atoms with Gasteiger partial charge in [0.1, 0.15) is 0 Å². The first kappa shape index (κ1) is 16.2. The normalized spacial score (nSPS) is 18.8. The van der Waals surface area contributed by atoms with Crippen LogP contribution in [-0.2, 0) is 11.3 Å². The number of pyridine rings is 1. The zero-order chi connectivity index (χ0) is 16.4. The molecule has 1 aromatic heterocycles. The van der Waals surface area contributed by atoms with Crippen LogP contribution in [0.25, 0.3) is 0 Å². The lowest BCUT2D eigenvalue weighted by Gasteiger charge is -2.17. The van der Waals surface area contributed by atoms with Crippen molar-refractivity contribution in [2.24, 2.45) is 5.41 Å². The summed E-state index contributed by atoms with van der Waals surface area (Å²) in [5.41, 5.74) is 0.142. The number of nitrogens with zero attached hydrogens (tertiary/aromatic N) is 2. The van der Waals surface area contributed by atoms with E-state index in [0.29, 0.717) is 19.1 Å². The van der Waals surface area contributed by atoms with Gasteiger partial charge in [-0.05, 0) is 43.6 Å². The predicted molar refractivity (Wildman–Crippen MR) is 86.7 cm³/mol. The number of rotatable bonds is 9. The maximum atomic E-state index is 12.4. The van der Waals surface area contributed by atoms with E-state index in [1.807, 2.05) is 6.20 Å². The third-order valence-electron chi connectivity index (χ3n) is 4.85. The van der Waals surface area contributed by atoms with Gasteiger partial charge in [0.05, 0.1) is 11.5 Å². The van der Waals surface area contributed by atoms with E-state index in [9.17, 15) is 14.9 Å². The third kappa shape index (κ3) is 3.80. The zero-order valence-electron chi connectivity index (χ0n) is 13.6. The Morgan fingerprint density at radius 1 is 1.43 bits per heavy atom. The molecule has 23 heavy (non-hydrogen) atoms. The molecule has 2 saturated carbocycles. The molecule has 2 fully saturated rings. The summed E-state index contributed by atoms with van der Waals surface area (Å²) < 4.78 is 7.29. The van der Waals surface area contributed by atoms with Gasteiger partial charge in [-0.3, -0.25) is 14.9 Å². The Labute approximate surface area is 135 Å². The minimum absolute atomic E-state index is 0.00634. The summed E-state index contributed by atoms with van der Waals surface area (Å²) >= 11 is 0. The lowest BCUT2D eigenvalue weighted by Crippen LogP contribution is -2.28. The van der Waals surface area contributed by atoms with Gasteiger partial charge in [0.15, 0.2) is 0 Å². The topological polar surface area (TPSA) is 74.4 Å². The molecule has 6 heteroatoms. The Kier molecular flexibility index (Phi) is 4.53. The second kappa shape index (κ2) is 6.43. The van der Waals surface area contributed by atoms with E-state index in [-0.39, 0.29) is 11.1 Å². The van der Waals surface area contributed by atoms with Crippen LogP contribution >= 0.6 is 0 Å². The van der Waals surface area contributed by atoms with E-state index in [1.54, 1.807) is 4.57 Å². The molecule has 6 nitrogen and oxygen atoms in total. The van der Waals surface area contributed by atoms with Crippen LogP contribution in [-0.4, -0.2) is 22.7 Å². The fourth-order valence-electron chi connectivity index (χ4n) is 2.95. The van der Waals surface area contributed by atoms with E-state index in [4.69, 9.17) is 4.74 Å². The van der Waals surface area contributed by atoms with Crippen molar-refractivity contribution in [3.05, 3.63) is 38.3 Å². The van der Waals surface area contributed by atoms with Crippen LogP contribution in [0.5, 0.6) is 0 Å². The molecule has 1 heterocycles. The average Bonchev–Trinajstić information content (AvgIpc) is 3.41. The second-order valence-electron chi connectivity index (χ2n) is 7.03. The van der Waals surface area contributed by atoms with Gasteiger partial charge in [-0.2, -0.15) is 0 Å². The maximum absolute atomic E-state index is 12.4. The quantitative estimate of drug-likeness (QED) is 0.398. The first-order valence-corrected chi connectivity index (χ1v) is 8.51. The van der Waals surface area contributed by atoms with Crippen LogP contribution in [0, 0.1) is 15.5 Å². The summed E-state index contributed by atoms with van der Waals surface area (Å²) in [5.74, 6) is 0.386. The van der Waals surface area contributed by atoms with Gasteiger partial charge < -0.3 is 9.30 Å². The number of nitro groups is 1. The number of hydrogen-bond donors (Lipinski definition) is 0. The highest BCUT2D eigenvalue weighted by Gasteiger charge is 2.44. The molecular formula is C17H24N2O4. The van der Waals surface area contributed by atoms with Crippen molar-refractivity contribution in [2.75, 3.05) is 13.2 Å². The maximum Gasteiger partial charge on any atom is 0.334 e. The van der Waals surface area contributed by atoms with Gasteiger partial charge in [-0.1, -0.05) is 13.3 Å². The van der Waals surface area contributed by atoms with Gasteiger partial charge in [-0.25, -0.2) is 0 Å². The second-order valence-corrected chi connectivity index (χ2v) is 7.03. The molecule has 0 atom stereocenters. The lowest BCUT2D eigenvalue weighted by atomic mass is 10.1. The van der Waals surface area contributed by atoms with E-state index < -0.39 is 10.5 Å². The molecule has 3 rings (SSSR count).